The highest BCUT2D eigenvalue weighted by Crippen LogP contribution is 2.57. The van der Waals surface area contributed by atoms with E-state index in [4.69, 9.17) is 0 Å². The third kappa shape index (κ3) is 2.22. The molecule has 3 atom stereocenters. The van der Waals surface area contributed by atoms with E-state index in [9.17, 15) is 19.0 Å². The van der Waals surface area contributed by atoms with Crippen molar-refractivity contribution in [3.8, 4) is 0 Å². The highest BCUT2D eigenvalue weighted by atomic mass is 19.3. The third-order valence-electron chi connectivity index (χ3n) is 4.83. The van der Waals surface area contributed by atoms with Gasteiger partial charge >= 0.3 is 0 Å². The lowest BCUT2D eigenvalue weighted by molar-refractivity contribution is -0.149. The van der Waals surface area contributed by atoms with Gasteiger partial charge in [-0.3, -0.25) is 0 Å². The largest absolute Gasteiger partial charge is 0.396 e. The molecule has 0 spiro atoms. The molecule has 0 bridgehead atoms. The summed E-state index contributed by atoms with van der Waals surface area (Å²) in [7, 11) is 0. The smallest absolute Gasteiger partial charge is 0.248 e. The summed E-state index contributed by atoms with van der Waals surface area (Å²) in [6, 6.07) is 0. The summed E-state index contributed by atoms with van der Waals surface area (Å²) < 4.78 is 26.9. The lowest BCUT2D eigenvalue weighted by Crippen LogP contribution is -2.52. The zero-order valence-corrected chi connectivity index (χ0v) is 10.4. The number of aliphatic hydroxyl groups is 2. The van der Waals surface area contributed by atoms with E-state index < -0.39 is 16.9 Å². The summed E-state index contributed by atoms with van der Waals surface area (Å²) >= 11 is 0. The van der Waals surface area contributed by atoms with E-state index in [1.165, 1.54) is 0 Å². The Morgan fingerprint density at radius 3 is 2.41 bits per heavy atom. The van der Waals surface area contributed by atoms with Gasteiger partial charge in [0.1, 0.15) is 0 Å². The molecule has 2 nitrogen and oxygen atoms in total. The van der Waals surface area contributed by atoms with Gasteiger partial charge in [0.25, 0.3) is 0 Å². The molecule has 0 heterocycles. The molecule has 17 heavy (non-hydrogen) atoms. The second-order valence-electron chi connectivity index (χ2n) is 6.20. The van der Waals surface area contributed by atoms with Crippen LogP contribution in [0.25, 0.3) is 0 Å². The second-order valence-corrected chi connectivity index (χ2v) is 6.20. The van der Waals surface area contributed by atoms with Gasteiger partial charge < -0.3 is 10.2 Å². The Labute approximate surface area is 101 Å². The topological polar surface area (TPSA) is 40.5 Å². The van der Waals surface area contributed by atoms with Crippen molar-refractivity contribution in [1.82, 2.24) is 0 Å². The standard InChI is InChI=1S/C13H22F2O2/c1-10-3-2-4-12(17,7-10)11(9-16)5-6-13(14,15)8-11/h10,16-17H,2-9H2,1H3. The minimum Gasteiger partial charge on any atom is -0.396 e. The molecule has 100 valence electrons. The van der Waals surface area contributed by atoms with Crippen molar-refractivity contribution < 1.29 is 19.0 Å². The molecule has 2 aliphatic carbocycles. The zero-order chi connectivity index (χ0) is 12.7. The molecular weight excluding hydrogens is 226 g/mol. The van der Waals surface area contributed by atoms with E-state index in [0.717, 1.165) is 12.8 Å². The van der Waals surface area contributed by atoms with Gasteiger partial charge in [0.05, 0.1) is 12.2 Å². The molecule has 0 aromatic heterocycles. The molecule has 3 unspecified atom stereocenters. The van der Waals surface area contributed by atoms with Crippen molar-refractivity contribution in [2.45, 2.75) is 63.4 Å². The molecule has 2 saturated carbocycles. The molecule has 0 radical (unpaired) electrons. The summed E-state index contributed by atoms with van der Waals surface area (Å²) in [4.78, 5) is 0. The average molecular weight is 248 g/mol. The van der Waals surface area contributed by atoms with Crippen LogP contribution in [0.1, 0.15) is 51.9 Å². The predicted molar refractivity (Wildman–Crippen MR) is 60.9 cm³/mol. The Morgan fingerprint density at radius 1 is 1.24 bits per heavy atom. The highest BCUT2D eigenvalue weighted by molar-refractivity contribution is 5.07. The number of alkyl halides is 2. The molecule has 0 aromatic rings. The first-order valence-corrected chi connectivity index (χ1v) is 6.54. The number of aliphatic hydroxyl groups excluding tert-OH is 1. The molecule has 0 aromatic carbocycles. The highest BCUT2D eigenvalue weighted by Gasteiger charge is 2.59. The maximum atomic E-state index is 13.4. The van der Waals surface area contributed by atoms with Crippen LogP contribution < -0.4 is 0 Å². The quantitative estimate of drug-likeness (QED) is 0.789. The molecular formula is C13H22F2O2. The van der Waals surface area contributed by atoms with Crippen LogP contribution in [0.2, 0.25) is 0 Å². The number of hydrogen-bond acceptors (Lipinski definition) is 2. The van der Waals surface area contributed by atoms with Crippen LogP contribution in [0.5, 0.6) is 0 Å². The molecule has 0 aliphatic heterocycles. The monoisotopic (exact) mass is 248 g/mol. The number of rotatable bonds is 2. The van der Waals surface area contributed by atoms with Crippen LogP contribution in [0.4, 0.5) is 8.78 Å². The molecule has 2 rings (SSSR count). The second kappa shape index (κ2) is 4.16. The summed E-state index contributed by atoms with van der Waals surface area (Å²) in [5, 5.41) is 20.3. The average Bonchev–Trinajstić information content (AvgIpc) is 2.55. The summed E-state index contributed by atoms with van der Waals surface area (Å²) in [5.41, 5.74) is -2.08. The van der Waals surface area contributed by atoms with Crippen molar-refractivity contribution in [2.75, 3.05) is 6.61 Å². The lowest BCUT2D eigenvalue weighted by Gasteiger charge is -2.48. The van der Waals surface area contributed by atoms with Gasteiger partial charge in [0.2, 0.25) is 5.92 Å². The first-order chi connectivity index (χ1) is 7.83. The zero-order valence-electron chi connectivity index (χ0n) is 10.4. The van der Waals surface area contributed by atoms with E-state index in [-0.39, 0.29) is 25.9 Å². The molecule has 0 amide bonds. The Bertz CT molecular complexity index is 295. The van der Waals surface area contributed by atoms with Crippen LogP contribution >= 0.6 is 0 Å². The van der Waals surface area contributed by atoms with Gasteiger partial charge in [0, 0.05) is 18.3 Å². The summed E-state index contributed by atoms with van der Waals surface area (Å²) in [5.74, 6) is -2.37. The van der Waals surface area contributed by atoms with Crippen LogP contribution in [0.15, 0.2) is 0 Å². The Hall–Kier alpha value is -0.220. The van der Waals surface area contributed by atoms with Gasteiger partial charge in [0.15, 0.2) is 0 Å². The van der Waals surface area contributed by atoms with E-state index in [0.29, 0.717) is 18.8 Å². The van der Waals surface area contributed by atoms with Gasteiger partial charge in [-0.15, -0.1) is 0 Å². The Kier molecular flexibility index (Phi) is 3.24. The van der Waals surface area contributed by atoms with Crippen LogP contribution in [-0.2, 0) is 0 Å². The van der Waals surface area contributed by atoms with Crippen molar-refractivity contribution in [3.05, 3.63) is 0 Å². The normalized spacial score (nSPS) is 46.1. The fourth-order valence-electron chi connectivity index (χ4n) is 3.78. The molecule has 2 aliphatic rings. The Morgan fingerprint density at radius 2 is 1.94 bits per heavy atom. The maximum Gasteiger partial charge on any atom is 0.248 e. The van der Waals surface area contributed by atoms with E-state index >= 15 is 0 Å². The first-order valence-electron chi connectivity index (χ1n) is 6.54. The van der Waals surface area contributed by atoms with Crippen LogP contribution in [-0.4, -0.2) is 28.3 Å². The van der Waals surface area contributed by atoms with Gasteiger partial charge in [-0.25, -0.2) is 8.78 Å². The van der Waals surface area contributed by atoms with Crippen molar-refractivity contribution in [1.29, 1.82) is 0 Å². The molecule has 0 saturated heterocycles. The van der Waals surface area contributed by atoms with Gasteiger partial charge in [-0.05, 0) is 25.2 Å². The third-order valence-corrected chi connectivity index (χ3v) is 4.83. The van der Waals surface area contributed by atoms with Crippen molar-refractivity contribution >= 4 is 0 Å². The Balaban J connectivity index is 2.23. The molecule has 4 heteroatoms. The van der Waals surface area contributed by atoms with E-state index in [2.05, 4.69) is 0 Å². The maximum absolute atomic E-state index is 13.4. The minimum absolute atomic E-state index is 0.204. The predicted octanol–water partition coefficient (Wildman–Crippen LogP) is 2.73. The van der Waals surface area contributed by atoms with Gasteiger partial charge in [-0.2, -0.15) is 0 Å². The number of hydrogen-bond donors (Lipinski definition) is 2. The molecule has 2 fully saturated rings. The van der Waals surface area contributed by atoms with Crippen LogP contribution in [0, 0.1) is 11.3 Å². The van der Waals surface area contributed by atoms with E-state index in [1.54, 1.807) is 0 Å². The van der Waals surface area contributed by atoms with Gasteiger partial charge in [-0.1, -0.05) is 19.8 Å². The fraction of sp³-hybridized carbons (Fsp3) is 1.00. The summed E-state index contributed by atoms with van der Waals surface area (Å²) in [6.45, 7) is 1.72. The van der Waals surface area contributed by atoms with Crippen molar-refractivity contribution in [2.24, 2.45) is 11.3 Å². The van der Waals surface area contributed by atoms with Crippen molar-refractivity contribution in [3.63, 3.8) is 0 Å². The SMILES string of the molecule is CC1CCCC(O)(C2(CO)CCC(F)(F)C2)C1. The minimum atomic E-state index is -2.72. The number of halogens is 2. The summed E-state index contributed by atoms with van der Waals surface area (Å²) in [6.07, 6.45) is 2.67. The fourth-order valence-corrected chi connectivity index (χ4v) is 3.78. The van der Waals surface area contributed by atoms with E-state index in [1.807, 2.05) is 6.92 Å². The van der Waals surface area contributed by atoms with Crippen LogP contribution in [0.3, 0.4) is 0 Å². The molecule has 2 N–H and O–H groups in total. The lowest BCUT2D eigenvalue weighted by atomic mass is 9.62. The first kappa shape index (κ1) is 13.2.